The summed E-state index contributed by atoms with van der Waals surface area (Å²) in [5, 5.41) is 16.6. The Labute approximate surface area is 253 Å². The number of primary amides is 1. The Bertz CT molecular complexity index is 1380. The van der Waals surface area contributed by atoms with E-state index < -0.39 is 5.91 Å². The molecule has 11 heteroatoms. The lowest BCUT2D eigenvalue weighted by atomic mass is 10.0. The molecule has 11 nitrogen and oxygen atoms in total. The van der Waals surface area contributed by atoms with Crippen LogP contribution in [0.4, 0.5) is 23.0 Å². The molecular weight excluding hydrogens is 544 g/mol. The second kappa shape index (κ2) is 13.2. The van der Waals surface area contributed by atoms with Crippen molar-refractivity contribution in [2.24, 2.45) is 5.73 Å². The fourth-order valence-electron chi connectivity index (χ4n) is 6.22. The Balaban J connectivity index is 1.19. The number of phenolic OH excluding ortho intramolecular Hbond substituents is 1. The third kappa shape index (κ3) is 7.01. The van der Waals surface area contributed by atoms with Gasteiger partial charge >= 0.3 is 0 Å². The quantitative estimate of drug-likeness (QED) is 0.311. The number of hydrogen-bond acceptors (Lipinski definition) is 10. The topological polar surface area (TPSA) is 132 Å². The van der Waals surface area contributed by atoms with Gasteiger partial charge in [-0.3, -0.25) is 9.69 Å². The molecule has 3 saturated heterocycles. The normalized spacial score (nSPS) is 19.3. The van der Waals surface area contributed by atoms with E-state index in [1.807, 2.05) is 12.1 Å². The van der Waals surface area contributed by atoms with Crippen molar-refractivity contribution in [2.45, 2.75) is 37.8 Å². The maximum Gasteiger partial charge on any atom is 0.271 e. The van der Waals surface area contributed by atoms with Crippen molar-refractivity contribution in [1.29, 1.82) is 0 Å². The summed E-state index contributed by atoms with van der Waals surface area (Å²) in [4.78, 5) is 29.6. The van der Waals surface area contributed by atoms with Gasteiger partial charge in [-0.2, -0.15) is 0 Å². The summed E-state index contributed by atoms with van der Waals surface area (Å²) in [6.07, 6.45) is 4.03. The van der Waals surface area contributed by atoms with E-state index in [4.69, 9.17) is 15.5 Å². The first kappa shape index (κ1) is 29.2. The minimum absolute atomic E-state index is 0.0515. The van der Waals surface area contributed by atoms with Crippen LogP contribution in [0.15, 0.2) is 48.5 Å². The number of phenols is 1. The molecule has 1 aromatic heterocycles. The van der Waals surface area contributed by atoms with Crippen LogP contribution in [0.5, 0.6) is 5.75 Å². The van der Waals surface area contributed by atoms with E-state index >= 15 is 0 Å². The van der Waals surface area contributed by atoms with E-state index in [0.29, 0.717) is 36.6 Å². The molecule has 5 N–H and O–H groups in total. The maximum atomic E-state index is 12.6. The van der Waals surface area contributed by atoms with Crippen molar-refractivity contribution in [2.75, 3.05) is 75.1 Å². The van der Waals surface area contributed by atoms with Gasteiger partial charge in [-0.15, -0.1) is 0 Å². The summed E-state index contributed by atoms with van der Waals surface area (Å²) < 4.78 is 5.52. The van der Waals surface area contributed by atoms with Crippen molar-refractivity contribution in [3.63, 3.8) is 0 Å². The van der Waals surface area contributed by atoms with Gasteiger partial charge in [0.25, 0.3) is 5.91 Å². The zero-order valence-corrected chi connectivity index (χ0v) is 24.8. The summed E-state index contributed by atoms with van der Waals surface area (Å²) in [6, 6.07) is 15.7. The number of piperidine rings is 1. The number of nitrogens with one attached hydrogen (secondary N) is 2. The molecule has 0 unspecified atom stereocenters. The third-order valence-electron chi connectivity index (χ3n) is 8.85. The van der Waals surface area contributed by atoms with Crippen LogP contribution in [0.2, 0.25) is 0 Å². The number of benzene rings is 2. The van der Waals surface area contributed by atoms with Gasteiger partial charge in [-0.05, 0) is 81.3 Å². The lowest BCUT2D eigenvalue weighted by molar-refractivity contribution is 0.0904. The predicted octanol–water partition coefficient (Wildman–Crippen LogP) is 3.50. The van der Waals surface area contributed by atoms with E-state index in [1.54, 1.807) is 24.3 Å². The Hall–Kier alpha value is -3.93. The van der Waals surface area contributed by atoms with Crippen molar-refractivity contribution < 1.29 is 14.6 Å². The summed E-state index contributed by atoms with van der Waals surface area (Å²) in [7, 11) is 2.20. The number of nitrogens with two attached hydrogens (primary N) is 1. The molecule has 0 spiro atoms. The summed E-state index contributed by atoms with van der Waals surface area (Å²) in [5.41, 5.74) is 9.05. The molecule has 0 bridgehead atoms. The fraction of sp³-hybridized carbons (Fsp3) is 0.469. The van der Waals surface area contributed by atoms with E-state index in [0.717, 1.165) is 50.3 Å². The number of anilines is 4. The lowest BCUT2D eigenvalue weighted by Gasteiger charge is -2.42. The molecule has 0 saturated carbocycles. The van der Waals surface area contributed by atoms with E-state index in [9.17, 15) is 9.90 Å². The maximum absolute atomic E-state index is 12.6. The average Bonchev–Trinajstić information content (AvgIpc) is 3.03. The standard InChI is InChI=1S/C32H42N8O3/c1-38-16-18-40(19-17-38)26-10-14-39(15-11-26)25-6-4-23(5-7-25)34-32-29(30(33)42)36-28(22-2-8-27(41)9-3-22)31(37-32)35-24-12-20-43-21-13-24/h2-9,24,26,41H,10-21H2,1H3,(H2,33,42)(H2,34,35,37). The molecule has 228 valence electrons. The summed E-state index contributed by atoms with van der Waals surface area (Å²) in [5.74, 6) is 0.314. The highest BCUT2D eigenvalue weighted by atomic mass is 16.5. The van der Waals surface area contributed by atoms with Crippen LogP contribution >= 0.6 is 0 Å². The highest BCUT2D eigenvalue weighted by Gasteiger charge is 2.27. The van der Waals surface area contributed by atoms with Gasteiger partial charge < -0.3 is 36.0 Å². The van der Waals surface area contributed by atoms with Gasteiger partial charge in [0, 0.05) is 81.5 Å². The number of carbonyl (C=O) groups excluding carboxylic acids is 1. The summed E-state index contributed by atoms with van der Waals surface area (Å²) in [6.45, 7) is 8.07. The number of hydrogen-bond donors (Lipinski definition) is 4. The molecule has 1 amide bonds. The molecule has 0 atom stereocenters. The molecule has 43 heavy (non-hydrogen) atoms. The molecule has 6 rings (SSSR count). The fourth-order valence-corrected chi connectivity index (χ4v) is 6.22. The lowest BCUT2D eigenvalue weighted by Crippen LogP contribution is -2.52. The Morgan fingerprint density at radius 1 is 0.884 bits per heavy atom. The number of nitrogens with zero attached hydrogens (tertiary/aromatic N) is 5. The van der Waals surface area contributed by atoms with Crippen LogP contribution in [0.1, 0.15) is 36.2 Å². The minimum atomic E-state index is -0.674. The van der Waals surface area contributed by atoms with Crippen LogP contribution < -0.4 is 21.3 Å². The average molecular weight is 587 g/mol. The van der Waals surface area contributed by atoms with Gasteiger partial charge in [0.2, 0.25) is 0 Å². The number of ether oxygens (including phenoxy) is 1. The largest absolute Gasteiger partial charge is 0.508 e. The SMILES string of the molecule is CN1CCN(C2CCN(c3ccc(Nc4nc(NC5CCOCC5)c(-c5ccc(O)cc5)nc4C(N)=O)cc3)CC2)CC1. The summed E-state index contributed by atoms with van der Waals surface area (Å²) >= 11 is 0. The second-order valence-corrected chi connectivity index (χ2v) is 11.8. The first-order valence-electron chi connectivity index (χ1n) is 15.3. The van der Waals surface area contributed by atoms with Gasteiger partial charge in [0.15, 0.2) is 17.3 Å². The number of aromatic hydroxyl groups is 1. The number of amides is 1. The van der Waals surface area contributed by atoms with Crippen LogP contribution in [0, 0.1) is 0 Å². The van der Waals surface area contributed by atoms with Crippen LogP contribution in [0.3, 0.4) is 0 Å². The van der Waals surface area contributed by atoms with Crippen LogP contribution in [0.25, 0.3) is 11.3 Å². The predicted molar refractivity (Wildman–Crippen MR) is 169 cm³/mol. The van der Waals surface area contributed by atoms with Crippen molar-refractivity contribution >= 4 is 28.9 Å². The highest BCUT2D eigenvalue weighted by Crippen LogP contribution is 2.32. The number of rotatable bonds is 8. The zero-order valence-electron chi connectivity index (χ0n) is 24.8. The molecule has 0 aliphatic carbocycles. The molecule has 4 heterocycles. The highest BCUT2D eigenvalue weighted by molar-refractivity contribution is 5.97. The molecule has 3 aromatic rings. The smallest absolute Gasteiger partial charge is 0.271 e. The van der Waals surface area contributed by atoms with Crippen molar-refractivity contribution in [1.82, 2.24) is 19.8 Å². The molecular formula is C32H42N8O3. The zero-order chi connectivity index (χ0) is 29.8. The molecule has 2 aromatic carbocycles. The van der Waals surface area contributed by atoms with Crippen LogP contribution in [-0.4, -0.2) is 102 Å². The first-order chi connectivity index (χ1) is 20.9. The third-order valence-corrected chi connectivity index (χ3v) is 8.85. The number of piperazine rings is 1. The first-order valence-corrected chi connectivity index (χ1v) is 15.3. The van der Waals surface area contributed by atoms with Gasteiger partial charge in [0.05, 0.1) is 0 Å². The molecule has 3 aliphatic heterocycles. The monoisotopic (exact) mass is 586 g/mol. The van der Waals surface area contributed by atoms with Crippen molar-refractivity contribution in [3.05, 3.63) is 54.2 Å². The second-order valence-electron chi connectivity index (χ2n) is 11.8. The molecule has 3 aliphatic rings. The number of carbonyl (C=O) groups is 1. The van der Waals surface area contributed by atoms with Gasteiger partial charge in [-0.1, -0.05) is 0 Å². The number of likely N-dealkylation sites (N-methyl/N-ethyl adjacent to an activating group) is 1. The van der Waals surface area contributed by atoms with Crippen LogP contribution in [-0.2, 0) is 4.74 Å². The Morgan fingerprint density at radius 2 is 1.56 bits per heavy atom. The van der Waals surface area contributed by atoms with E-state index in [1.165, 1.54) is 31.6 Å². The van der Waals surface area contributed by atoms with Crippen molar-refractivity contribution in [3.8, 4) is 17.0 Å². The van der Waals surface area contributed by atoms with E-state index in [-0.39, 0.29) is 17.5 Å². The Kier molecular flexibility index (Phi) is 8.92. The van der Waals surface area contributed by atoms with Gasteiger partial charge in [-0.25, -0.2) is 9.97 Å². The van der Waals surface area contributed by atoms with Gasteiger partial charge in [0.1, 0.15) is 11.4 Å². The minimum Gasteiger partial charge on any atom is -0.508 e. The van der Waals surface area contributed by atoms with E-state index in [2.05, 4.69) is 49.5 Å². The Morgan fingerprint density at radius 3 is 2.21 bits per heavy atom. The molecule has 3 fully saturated rings. The number of aromatic nitrogens is 2. The molecule has 0 radical (unpaired) electrons.